The molecule has 0 amide bonds. The molecule has 0 aliphatic carbocycles. The van der Waals surface area contributed by atoms with Gasteiger partial charge in [-0.05, 0) is 6.07 Å². The highest BCUT2D eigenvalue weighted by Gasteiger charge is 2.28. The van der Waals surface area contributed by atoms with Gasteiger partial charge in [-0.2, -0.15) is 0 Å². The second kappa shape index (κ2) is 2.55. The van der Waals surface area contributed by atoms with Crippen molar-refractivity contribution in [1.82, 2.24) is 0 Å². The lowest BCUT2D eigenvalue weighted by Crippen LogP contribution is -2.34. The van der Waals surface area contributed by atoms with Crippen LogP contribution in [0, 0.1) is 0 Å². The SMILES string of the molecule is F[B-](F)(F)c1cccc2ccoc12. The number of halogens is 3. The van der Waals surface area contributed by atoms with E-state index >= 15 is 0 Å². The summed E-state index contributed by atoms with van der Waals surface area (Å²) in [6.07, 6.45) is 1.26. The van der Waals surface area contributed by atoms with E-state index in [1.165, 1.54) is 18.4 Å². The van der Waals surface area contributed by atoms with Crippen molar-refractivity contribution in [3.8, 4) is 0 Å². The maximum Gasteiger partial charge on any atom is 0.513 e. The van der Waals surface area contributed by atoms with Crippen molar-refractivity contribution in [3.63, 3.8) is 0 Å². The Kier molecular flexibility index (Phi) is 1.61. The zero-order chi connectivity index (χ0) is 9.47. The monoisotopic (exact) mass is 185 g/mol. The molecule has 13 heavy (non-hydrogen) atoms. The summed E-state index contributed by atoms with van der Waals surface area (Å²) in [7, 11) is 0. The maximum absolute atomic E-state index is 12.4. The van der Waals surface area contributed by atoms with Gasteiger partial charge in [-0.3, -0.25) is 0 Å². The number of hydrogen-bond donors (Lipinski definition) is 0. The third kappa shape index (κ3) is 1.30. The van der Waals surface area contributed by atoms with E-state index in [0.29, 0.717) is 5.39 Å². The van der Waals surface area contributed by atoms with Gasteiger partial charge in [-0.15, -0.1) is 0 Å². The molecular weight excluding hydrogens is 180 g/mol. The van der Waals surface area contributed by atoms with Crippen LogP contribution in [0.25, 0.3) is 11.0 Å². The zero-order valence-corrected chi connectivity index (χ0v) is 6.51. The third-order valence-corrected chi connectivity index (χ3v) is 1.86. The minimum Gasteiger partial charge on any atom is -0.467 e. The largest absolute Gasteiger partial charge is 0.513 e. The van der Waals surface area contributed by atoms with Crippen LogP contribution < -0.4 is 5.46 Å². The molecule has 0 aliphatic heterocycles. The molecule has 5 heteroatoms. The predicted octanol–water partition coefficient (Wildman–Crippen LogP) is 2.49. The van der Waals surface area contributed by atoms with Crippen molar-refractivity contribution in [1.29, 1.82) is 0 Å². The normalized spacial score (nSPS) is 12.2. The minimum atomic E-state index is -4.98. The van der Waals surface area contributed by atoms with Crippen LogP contribution in [0.1, 0.15) is 0 Å². The molecule has 1 aromatic carbocycles. The molecular formula is C8H5BF3O-. The molecule has 0 fully saturated rings. The molecule has 0 radical (unpaired) electrons. The van der Waals surface area contributed by atoms with Crippen LogP contribution >= 0.6 is 0 Å². The van der Waals surface area contributed by atoms with Gasteiger partial charge in [0.1, 0.15) is 5.58 Å². The molecule has 2 rings (SSSR count). The second-order valence-electron chi connectivity index (χ2n) is 2.76. The van der Waals surface area contributed by atoms with E-state index in [-0.39, 0.29) is 5.58 Å². The van der Waals surface area contributed by atoms with Crippen LogP contribution in [-0.4, -0.2) is 6.98 Å². The van der Waals surface area contributed by atoms with Gasteiger partial charge in [0.2, 0.25) is 0 Å². The molecule has 0 aliphatic rings. The summed E-state index contributed by atoms with van der Waals surface area (Å²) in [4.78, 5) is 0. The number of benzene rings is 1. The number of rotatable bonds is 1. The van der Waals surface area contributed by atoms with Crippen LogP contribution in [-0.2, 0) is 0 Å². The second-order valence-corrected chi connectivity index (χ2v) is 2.76. The summed E-state index contributed by atoms with van der Waals surface area (Å²) in [5.41, 5.74) is -0.738. The van der Waals surface area contributed by atoms with Crippen LogP contribution in [0.2, 0.25) is 0 Å². The van der Waals surface area contributed by atoms with Gasteiger partial charge in [-0.1, -0.05) is 23.7 Å². The van der Waals surface area contributed by atoms with Crippen LogP contribution in [0.3, 0.4) is 0 Å². The molecule has 0 atom stereocenters. The lowest BCUT2D eigenvalue weighted by Gasteiger charge is -2.14. The molecule has 0 saturated carbocycles. The Balaban J connectivity index is 2.75. The molecule has 0 N–H and O–H groups in total. The Morgan fingerprint density at radius 1 is 1.08 bits per heavy atom. The molecule has 68 valence electrons. The van der Waals surface area contributed by atoms with E-state index in [2.05, 4.69) is 0 Å². The van der Waals surface area contributed by atoms with Crippen molar-refractivity contribution in [2.24, 2.45) is 0 Å². The van der Waals surface area contributed by atoms with E-state index in [4.69, 9.17) is 4.42 Å². The third-order valence-electron chi connectivity index (χ3n) is 1.86. The van der Waals surface area contributed by atoms with Gasteiger partial charge >= 0.3 is 6.98 Å². The van der Waals surface area contributed by atoms with Gasteiger partial charge in [0.05, 0.1) is 6.26 Å². The quantitative estimate of drug-likeness (QED) is 0.622. The fourth-order valence-electron chi connectivity index (χ4n) is 1.27. The summed E-state index contributed by atoms with van der Waals surface area (Å²) in [5.74, 6) is 0. The molecule has 2 aromatic rings. The predicted molar refractivity (Wildman–Crippen MR) is 44.9 cm³/mol. The van der Waals surface area contributed by atoms with Crippen LogP contribution in [0.5, 0.6) is 0 Å². The van der Waals surface area contributed by atoms with Crippen molar-refractivity contribution in [2.45, 2.75) is 0 Å². The fraction of sp³-hybridized carbons (Fsp3) is 0. The summed E-state index contributed by atoms with van der Waals surface area (Å²) in [6.45, 7) is -4.98. The Morgan fingerprint density at radius 2 is 1.85 bits per heavy atom. The molecule has 1 heterocycles. The molecule has 0 bridgehead atoms. The van der Waals surface area contributed by atoms with Crippen molar-refractivity contribution in [3.05, 3.63) is 30.5 Å². The van der Waals surface area contributed by atoms with Crippen LogP contribution in [0.15, 0.2) is 34.9 Å². The topological polar surface area (TPSA) is 13.1 Å². The lowest BCUT2D eigenvalue weighted by molar-refractivity contribution is 0.499. The number of hydrogen-bond acceptors (Lipinski definition) is 1. The average Bonchev–Trinajstić information content (AvgIpc) is 2.48. The van der Waals surface area contributed by atoms with E-state index in [1.54, 1.807) is 6.07 Å². The Labute approximate surface area is 72.2 Å². The van der Waals surface area contributed by atoms with Gasteiger partial charge in [-0.25, -0.2) is 0 Å². The highest BCUT2D eigenvalue weighted by molar-refractivity contribution is 6.75. The van der Waals surface area contributed by atoms with Crippen molar-refractivity contribution in [2.75, 3.05) is 0 Å². The molecule has 0 unspecified atom stereocenters. The number of fused-ring (bicyclic) bond motifs is 1. The standard InChI is InChI=1S/C8H5BF3O/c10-9(11,12)7-3-1-2-6-4-5-13-8(6)7/h1-5H/q-1. The maximum atomic E-state index is 12.4. The van der Waals surface area contributed by atoms with Crippen LogP contribution in [0.4, 0.5) is 12.9 Å². The highest BCUT2D eigenvalue weighted by atomic mass is 19.4. The Morgan fingerprint density at radius 3 is 2.54 bits per heavy atom. The van der Waals surface area contributed by atoms with E-state index in [9.17, 15) is 12.9 Å². The smallest absolute Gasteiger partial charge is 0.467 e. The van der Waals surface area contributed by atoms with Crippen molar-refractivity contribution < 1.29 is 17.4 Å². The highest BCUT2D eigenvalue weighted by Crippen LogP contribution is 2.18. The minimum absolute atomic E-state index is 0.0741. The first-order valence-corrected chi connectivity index (χ1v) is 3.75. The summed E-state index contributed by atoms with van der Waals surface area (Å²) < 4.78 is 42.0. The first-order valence-electron chi connectivity index (χ1n) is 3.75. The van der Waals surface area contributed by atoms with E-state index < -0.39 is 12.4 Å². The van der Waals surface area contributed by atoms with Gasteiger partial charge < -0.3 is 17.4 Å². The molecule has 1 aromatic heterocycles. The molecule has 1 nitrogen and oxygen atoms in total. The van der Waals surface area contributed by atoms with E-state index in [0.717, 1.165) is 6.07 Å². The zero-order valence-electron chi connectivity index (χ0n) is 6.51. The lowest BCUT2D eigenvalue weighted by atomic mass is 9.79. The van der Waals surface area contributed by atoms with Gasteiger partial charge in [0, 0.05) is 5.39 Å². The molecule has 0 spiro atoms. The summed E-state index contributed by atoms with van der Waals surface area (Å²) in [6, 6.07) is 5.51. The number of para-hydroxylation sites is 1. The van der Waals surface area contributed by atoms with Gasteiger partial charge in [0.15, 0.2) is 0 Å². The summed E-state index contributed by atoms with van der Waals surface area (Å²) >= 11 is 0. The molecule has 0 saturated heterocycles. The first-order chi connectivity index (χ1) is 6.09. The Hall–Kier alpha value is -1.39. The summed E-state index contributed by atoms with van der Waals surface area (Å²) in [5, 5.41) is 0.483. The average molecular weight is 185 g/mol. The van der Waals surface area contributed by atoms with Gasteiger partial charge in [0.25, 0.3) is 0 Å². The van der Waals surface area contributed by atoms with E-state index in [1.807, 2.05) is 0 Å². The van der Waals surface area contributed by atoms with Crippen molar-refractivity contribution >= 4 is 23.4 Å². The fourth-order valence-corrected chi connectivity index (χ4v) is 1.27. The number of furan rings is 1. The first kappa shape index (κ1) is 8.22. The Bertz CT molecular complexity index is 432.